The lowest BCUT2D eigenvalue weighted by molar-refractivity contribution is 0.430. The number of hydrogen-bond donors (Lipinski definition) is 2. The minimum atomic E-state index is -0.730. The molecule has 0 atom stereocenters. The Morgan fingerprint density at radius 1 is 1.06 bits per heavy atom. The molecule has 3 aromatic carbocycles. The molecule has 0 amide bonds. The average Bonchev–Trinajstić information content (AvgIpc) is 3.15. The molecule has 2 N–H and O–H groups in total. The number of H-pyrrole nitrogens is 1. The van der Waals surface area contributed by atoms with Crippen molar-refractivity contribution in [2.24, 2.45) is 4.99 Å². The highest BCUT2D eigenvalue weighted by atomic mass is 32.1. The van der Waals surface area contributed by atoms with E-state index in [0.717, 1.165) is 36.7 Å². The molecule has 5 aromatic rings. The number of aromatic nitrogens is 3. The van der Waals surface area contributed by atoms with Gasteiger partial charge in [0.05, 0.1) is 15.9 Å². The van der Waals surface area contributed by atoms with Crippen LogP contribution in [0.25, 0.3) is 26.7 Å². The molecule has 0 fully saturated rings. The van der Waals surface area contributed by atoms with Gasteiger partial charge >= 0.3 is 5.69 Å². The van der Waals surface area contributed by atoms with Gasteiger partial charge in [-0.2, -0.15) is 0 Å². The van der Waals surface area contributed by atoms with Crippen molar-refractivity contribution < 1.29 is 5.11 Å². The monoisotopic (exact) mass is 442 g/mol. The van der Waals surface area contributed by atoms with Crippen LogP contribution in [0.4, 0.5) is 5.13 Å². The van der Waals surface area contributed by atoms with Crippen LogP contribution in [-0.2, 0) is 0 Å². The fourth-order valence-corrected chi connectivity index (χ4v) is 4.52. The second-order valence-corrected chi connectivity index (χ2v) is 8.50. The van der Waals surface area contributed by atoms with Crippen LogP contribution in [-0.4, -0.2) is 25.9 Å². The summed E-state index contributed by atoms with van der Waals surface area (Å²) in [4.78, 5) is 36.1. The molecular formula is C24H18N4O3S. The van der Waals surface area contributed by atoms with Gasteiger partial charge in [0.1, 0.15) is 5.56 Å². The Labute approximate surface area is 186 Å². The first-order chi connectivity index (χ1) is 15.4. The molecule has 5 rings (SSSR count). The molecule has 0 radical (unpaired) electrons. The maximum Gasteiger partial charge on any atom is 0.335 e. The van der Waals surface area contributed by atoms with Gasteiger partial charge in [-0.15, -0.1) is 0 Å². The molecule has 0 bridgehead atoms. The van der Waals surface area contributed by atoms with Gasteiger partial charge in [-0.05, 0) is 48.6 Å². The fraction of sp³-hybridized carbons (Fsp3) is 0.0833. The molecule has 0 spiro atoms. The van der Waals surface area contributed by atoms with Gasteiger partial charge in [0.2, 0.25) is 11.0 Å². The highest BCUT2D eigenvalue weighted by Crippen LogP contribution is 2.30. The van der Waals surface area contributed by atoms with E-state index in [1.165, 1.54) is 17.6 Å². The predicted octanol–water partition coefficient (Wildman–Crippen LogP) is 4.36. The quantitative estimate of drug-likeness (QED) is 0.405. The summed E-state index contributed by atoms with van der Waals surface area (Å²) >= 11 is 1.39. The van der Waals surface area contributed by atoms with Gasteiger partial charge in [0.15, 0.2) is 0 Å². The molecule has 0 aliphatic heterocycles. The third-order valence-corrected chi connectivity index (χ3v) is 6.35. The van der Waals surface area contributed by atoms with E-state index >= 15 is 0 Å². The van der Waals surface area contributed by atoms with Crippen LogP contribution >= 0.6 is 11.3 Å². The molecule has 2 aromatic heterocycles. The lowest BCUT2D eigenvalue weighted by Gasteiger charge is -2.12. The van der Waals surface area contributed by atoms with E-state index in [0.29, 0.717) is 10.8 Å². The van der Waals surface area contributed by atoms with Crippen molar-refractivity contribution in [1.29, 1.82) is 0 Å². The molecule has 0 aliphatic carbocycles. The zero-order valence-electron chi connectivity index (χ0n) is 17.3. The zero-order valence-corrected chi connectivity index (χ0v) is 18.1. The zero-order chi connectivity index (χ0) is 22.4. The van der Waals surface area contributed by atoms with Crippen LogP contribution in [0.5, 0.6) is 5.88 Å². The predicted molar refractivity (Wildman–Crippen MR) is 128 cm³/mol. The van der Waals surface area contributed by atoms with Gasteiger partial charge in [-0.1, -0.05) is 47.7 Å². The Balaban J connectivity index is 1.64. The van der Waals surface area contributed by atoms with Crippen molar-refractivity contribution in [2.75, 3.05) is 0 Å². The summed E-state index contributed by atoms with van der Waals surface area (Å²) in [7, 11) is 0. The number of aliphatic imine (C=N–C) groups is 1. The highest BCUT2D eigenvalue weighted by Gasteiger charge is 2.16. The summed E-state index contributed by atoms with van der Waals surface area (Å²) in [6.07, 6.45) is 1.24. The summed E-state index contributed by atoms with van der Waals surface area (Å²) in [5.41, 5.74) is 2.01. The van der Waals surface area contributed by atoms with Crippen LogP contribution in [0.2, 0.25) is 0 Å². The van der Waals surface area contributed by atoms with E-state index in [2.05, 4.69) is 15.0 Å². The van der Waals surface area contributed by atoms with Gasteiger partial charge in [-0.3, -0.25) is 9.78 Å². The number of thiazole rings is 1. The SMILES string of the molecule is Cc1cc2nc(N=Cc3c(O)n(-c4cccc5ccccc45)c(=O)[nH]c3=O)sc2cc1C. The summed E-state index contributed by atoms with van der Waals surface area (Å²) in [5.74, 6) is -0.480. The average molecular weight is 443 g/mol. The minimum absolute atomic E-state index is 0.121. The first-order valence-corrected chi connectivity index (χ1v) is 10.7. The number of nitrogens with one attached hydrogen (secondary N) is 1. The van der Waals surface area contributed by atoms with Crippen molar-refractivity contribution in [3.8, 4) is 11.6 Å². The first-order valence-electron chi connectivity index (χ1n) is 9.90. The maximum atomic E-state index is 12.6. The number of aromatic amines is 1. The fourth-order valence-electron chi connectivity index (χ4n) is 3.62. The minimum Gasteiger partial charge on any atom is -0.493 e. The molecule has 158 valence electrons. The van der Waals surface area contributed by atoms with Crippen LogP contribution in [0.3, 0.4) is 0 Å². The van der Waals surface area contributed by atoms with E-state index in [9.17, 15) is 14.7 Å². The van der Waals surface area contributed by atoms with Gasteiger partial charge in [-0.25, -0.2) is 19.3 Å². The summed E-state index contributed by atoms with van der Waals surface area (Å²) < 4.78 is 2.06. The highest BCUT2D eigenvalue weighted by molar-refractivity contribution is 7.22. The third-order valence-electron chi connectivity index (χ3n) is 5.43. The van der Waals surface area contributed by atoms with Gasteiger partial charge in [0.25, 0.3) is 5.56 Å². The van der Waals surface area contributed by atoms with Crippen molar-refractivity contribution >= 4 is 43.7 Å². The van der Waals surface area contributed by atoms with Crippen LogP contribution in [0.1, 0.15) is 16.7 Å². The second-order valence-electron chi connectivity index (χ2n) is 7.49. The smallest absolute Gasteiger partial charge is 0.335 e. The number of nitrogens with zero attached hydrogens (tertiary/aromatic N) is 3. The van der Waals surface area contributed by atoms with E-state index in [1.54, 1.807) is 12.1 Å². The van der Waals surface area contributed by atoms with Crippen molar-refractivity contribution in [3.05, 3.63) is 92.1 Å². The number of aromatic hydroxyl groups is 1. The van der Waals surface area contributed by atoms with Gasteiger partial charge < -0.3 is 5.11 Å². The molecule has 0 saturated heterocycles. The molecule has 0 saturated carbocycles. The Bertz CT molecular complexity index is 1620. The van der Waals surface area contributed by atoms with Crippen molar-refractivity contribution in [3.63, 3.8) is 0 Å². The standard InChI is InChI=1S/C24H18N4O3S/c1-13-10-18-20(11-14(13)2)32-23(26-18)25-12-17-21(29)27-24(31)28(22(17)30)19-9-5-7-15-6-3-4-8-16(15)19/h3-12,30H,1-2H3,(H,27,29,31). The molecule has 0 unspecified atom stereocenters. The van der Waals surface area contributed by atoms with Crippen molar-refractivity contribution in [1.82, 2.24) is 14.5 Å². The maximum absolute atomic E-state index is 12.6. The Morgan fingerprint density at radius 3 is 2.66 bits per heavy atom. The molecule has 2 heterocycles. The molecule has 32 heavy (non-hydrogen) atoms. The normalized spacial score (nSPS) is 11.7. The summed E-state index contributed by atoms with van der Waals surface area (Å²) in [6.45, 7) is 4.05. The van der Waals surface area contributed by atoms with Crippen molar-refractivity contribution in [2.45, 2.75) is 13.8 Å². The van der Waals surface area contributed by atoms with E-state index in [4.69, 9.17) is 0 Å². The molecular weight excluding hydrogens is 424 g/mol. The van der Waals surface area contributed by atoms with E-state index < -0.39 is 17.1 Å². The van der Waals surface area contributed by atoms with E-state index in [1.807, 2.05) is 56.3 Å². The molecule has 7 nitrogen and oxygen atoms in total. The Morgan fingerprint density at radius 2 is 1.81 bits per heavy atom. The number of aryl methyl sites for hydroxylation is 2. The van der Waals surface area contributed by atoms with Crippen LogP contribution in [0.15, 0.2) is 69.2 Å². The number of fused-ring (bicyclic) bond motifs is 2. The lowest BCUT2D eigenvalue weighted by Crippen LogP contribution is -2.31. The number of rotatable bonds is 3. The Hall–Kier alpha value is -4.04. The molecule has 8 heteroatoms. The molecule has 0 aliphatic rings. The van der Waals surface area contributed by atoms with Crippen LogP contribution in [0, 0.1) is 13.8 Å². The first kappa shape index (κ1) is 19.9. The lowest BCUT2D eigenvalue weighted by atomic mass is 10.1. The number of benzene rings is 3. The summed E-state index contributed by atoms with van der Waals surface area (Å²) in [6, 6.07) is 16.9. The van der Waals surface area contributed by atoms with Gasteiger partial charge in [0, 0.05) is 11.6 Å². The topological polar surface area (TPSA) is 100 Å². The largest absolute Gasteiger partial charge is 0.493 e. The number of hydrogen-bond acceptors (Lipinski definition) is 6. The summed E-state index contributed by atoms with van der Waals surface area (Å²) in [5, 5.41) is 13.0. The van der Waals surface area contributed by atoms with E-state index in [-0.39, 0.29) is 5.56 Å². The Kier molecular flexibility index (Phi) is 4.71. The van der Waals surface area contributed by atoms with Crippen LogP contribution < -0.4 is 11.2 Å². The third kappa shape index (κ3) is 3.30. The second kappa shape index (κ2) is 7.58.